The smallest absolute Gasteiger partial charge is 0.182 e. The van der Waals surface area contributed by atoms with E-state index < -0.39 is 0 Å². The van der Waals surface area contributed by atoms with E-state index in [0.29, 0.717) is 17.3 Å². The molecule has 22 heavy (non-hydrogen) atoms. The molecule has 1 saturated heterocycles. The molecule has 6 atom stereocenters. The molecular formula is C18H37N3O. The maximum atomic E-state index is 6.35. The van der Waals surface area contributed by atoms with Crippen LogP contribution in [0.4, 0.5) is 0 Å². The summed E-state index contributed by atoms with van der Waals surface area (Å²) in [6, 6.07) is 0. The van der Waals surface area contributed by atoms with Gasteiger partial charge in [0, 0.05) is 13.0 Å². The summed E-state index contributed by atoms with van der Waals surface area (Å²) in [4.78, 5) is 2.24. The van der Waals surface area contributed by atoms with Crippen molar-refractivity contribution in [3.05, 3.63) is 0 Å². The summed E-state index contributed by atoms with van der Waals surface area (Å²) in [6.45, 7) is 15.2. The average Bonchev–Trinajstić information content (AvgIpc) is 2.81. The molecule has 0 aromatic carbocycles. The van der Waals surface area contributed by atoms with Crippen LogP contribution in [0.3, 0.4) is 0 Å². The van der Waals surface area contributed by atoms with E-state index in [4.69, 9.17) is 4.74 Å². The van der Waals surface area contributed by atoms with Crippen LogP contribution in [-0.4, -0.2) is 43.1 Å². The first kappa shape index (κ1) is 18.2. The van der Waals surface area contributed by atoms with E-state index in [1.807, 2.05) is 0 Å². The van der Waals surface area contributed by atoms with Crippen LogP contribution in [-0.2, 0) is 4.74 Å². The Kier molecular flexibility index (Phi) is 5.59. The second-order valence-electron chi connectivity index (χ2n) is 8.63. The van der Waals surface area contributed by atoms with Crippen molar-refractivity contribution in [2.45, 2.75) is 67.0 Å². The van der Waals surface area contributed by atoms with Gasteiger partial charge in [-0.3, -0.25) is 4.90 Å². The fourth-order valence-electron chi connectivity index (χ4n) is 4.57. The van der Waals surface area contributed by atoms with E-state index in [1.54, 1.807) is 0 Å². The van der Waals surface area contributed by atoms with Crippen molar-refractivity contribution in [3.63, 3.8) is 0 Å². The molecule has 0 aromatic heterocycles. The van der Waals surface area contributed by atoms with Crippen molar-refractivity contribution in [2.75, 3.05) is 20.6 Å². The molecule has 1 aliphatic carbocycles. The number of rotatable bonds is 3. The zero-order valence-corrected chi connectivity index (χ0v) is 15.9. The summed E-state index contributed by atoms with van der Waals surface area (Å²) in [5.41, 5.74) is 3.97. The molecule has 0 radical (unpaired) electrons. The summed E-state index contributed by atoms with van der Waals surface area (Å²) in [7, 11) is 4.21. The van der Waals surface area contributed by atoms with Crippen molar-refractivity contribution >= 4 is 0 Å². The number of ether oxygens (including phenoxy) is 1. The number of hydrogen-bond acceptors (Lipinski definition) is 4. The normalized spacial score (nSPS) is 41.3. The molecule has 0 amide bonds. The molecule has 1 aliphatic heterocycles. The molecule has 130 valence electrons. The predicted octanol–water partition coefficient (Wildman–Crippen LogP) is 3.36. The third-order valence-corrected chi connectivity index (χ3v) is 6.26. The third-order valence-electron chi connectivity index (χ3n) is 6.26. The standard InChI is InChI=1S/C18H37N3O/c1-9-20(7)17-21(8)19-16(22-17)14-10-11-15(18(4,5)6)13(3)12(14)2/h12-17,19H,9-11H2,1-8H3. The second-order valence-corrected chi connectivity index (χ2v) is 8.63. The quantitative estimate of drug-likeness (QED) is 0.865. The highest BCUT2D eigenvalue weighted by atomic mass is 16.6. The van der Waals surface area contributed by atoms with E-state index in [2.05, 4.69) is 71.0 Å². The van der Waals surface area contributed by atoms with Crippen LogP contribution >= 0.6 is 0 Å². The lowest BCUT2D eigenvalue weighted by Gasteiger charge is -2.47. The molecule has 1 N–H and O–H groups in total. The maximum Gasteiger partial charge on any atom is 0.182 e. The molecule has 2 rings (SSSR count). The van der Waals surface area contributed by atoms with Crippen LogP contribution in [0.1, 0.15) is 54.4 Å². The minimum atomic E-state index is 0.0536. The zero-order chi connectivity index (χ0) is 16.7. The molecular weight excluding hydrogens is 274 g/mol. The summed E-state index contributed by atoms with van der Waals surface area (Å²) in [6.07, 6.45) is 2.79. The Balaban J connectivity index is 2.03. The van der Waals surface area contributed by atoms with Crippen LogP contribution < -0.4 is 5.43 Å². The molecule has 0 bridgehead atoms. The Morgan fingerprint density at radius 1 is 1.18 bits per heavy atom. The van der Waals surface area contributed by atoms with Crippen molar-refractivity contribution < 1.29 is 4.74 Å². The Morgan fingerprint density at radius 2 is 1.82 bits per heavy atom. The molecule has 4 heteroatoms. The van der Waals surface area contributed by atoms with Gasteiger partial charge in [0.25, 0.3) is 0 Å². The van der Waals surface area contributed by atoms with E-state index in [0.717, 1.165) is 18.4 Å². The first-order chi connectivity index (χ1) is 10.2. The van der Waals surface area contributed by atoms with Crippen LogP contribution in [0.25, 0.3) is 0 Å². The number of nitrogens with zero attached hydrogens (tertiary/aromatic N) is 2. The molecule has 0 spiro atoms. The lowest BCUT2D eigenvalue weighted by atomic mass is 9.60. The van der Waals surface area contributed by atoms with Crippen LogP contribution in [0.15, 0.2) is 0 Å². The van der Waals surface area contributed by atoms with Crippen LogP contribution in [0.2, 0.25) is 0 Å². The number of hydrogen-bond donors (Lipinski definition) is 1. The van der Waals surface area contributed by atoms with Gasteiger partial charge in [-0.2, -0.15) is 0 Å². The second kappa shape index (κ2) is 6.76. The Hall–Kier alpha value is -0.160. The molecule has 0 aromatic rings. The van der Waals surface area contributed by atoms with E-state index in [9.17, 15) is 0 Å². The molecule has 1 saturated carbocycles. The molecule has 6 unspecified atom stereocenters. The van der Waals surface area contributed by atoms with Gasteiger partial charge in [0.2, 0.25) is 0 Å². The van der Waals surface area contributed by atoms with Crippen molar-refractivity contribution in [1.29, 1.82) is 0 Å². The van der Waals surface area contributed by atoms with Crippen LogP contribution in [0.5, 0.6) is 0 Å². The van der Waals surface area contributed by atoms with Gasteiger partial charge in [0.1, 0.15) is 6.23 Å². The maximum absolute atomic E-state index is 6.35. The highest BCUT2D eigenvalue weighted by molar-refractivity contribution is 4.91. The molecule has 2 fully saturated rings. The number of hydrazine groups is 1. The van der Waals surface area contributed by atoms with Gasteiger partial charge in [-0.15, -0.1) is 0 Å². The average molecular weight is 312 g/mol. The Morgan fingerprint density at radius 3 is 2.36 bits per heavy atom. The molecule has 2 aliphatic rings. The Bertz CT molecular complexity index is 368. The zero-order valence-electron chi connectivity index (χ0n) is 15.9. The van der Waals surface area contributed by atoms with E-state index >= 15 is 0 Å². The molecule has 4 nitrogen and oxygen atoms in total. The highest BCUT2D eigenvalue weighted by Gasteiger charge is 2.45. The summed E-state index contributed by atoms with van der Waals surface area (Å²) in [5, 5.41) is 2.13. The minimum absolute atomic E-state index is 0.0536. The van der Waals surface area contributed by atoms with Crippen molar-refractivity contribution in [3.8, 4) is 0 Å². The van der Waals surface area contributed by atoms with E-state index in [-0.39, 0.29) is 12.6 Å². The summed E-state index contributed by atoms with van der Waals surface area (Å²) in [5.74, 6) is 2.85. The first-order valence-corrected chi connectivity index (χ1v) is 9.01. The van der Waals surface area contributed by atoms with Gasteiger partial charge in [0.05, 0.1) is 0 Å². The summed E-state index contributed by atoms with van der Waals surface area (Å²) >= 11 is 0. The first-order valence-electron chi connectivity index (χ1n) is 9.01. The fraction of sp³-hybridized carbons (Fsp3) is 1.00. The predicted molar refractivity (Wildman–Crippen MR) is 91.9 cm³/mol. The van der Waals surface area contributed by atoms with Gasteiger partial charge < -0.3 is 4.74 Å². The van der Waals surface area contributed by atoms with Gasteiger partial charge in [0.15, 0.2) is 6.35 Å². The monoisotopic (exact) mass is 311 g/mol. The lowest BCUT2D eigenvalue weighted by Crippen LogP contribution is -2.47. The van der Waals surface area contributed by atoms with Gasteiger partial charge in [-0.25, -0.2) is 10.4 Å². The highest BCUT2D eigenvalue weighted by Crippen LogP contribution is 2.48. The van der Waals surface area contributed by atoms with Crippen molar-refractivity contribution in [1.82, 2.24) is 15.3 Å². The van der Waals surface area contributed by atoms with Gasteiger partial charge >= 0.3 is 0 Å². The topological polar surface area (TPSA) is 27.7 Å². The molecule has 1 heterocycles. The minimum Gasteiger partial charge on any atom is -0.329 e. The largest absolute Gasteiger partial charge is 0.329 e. The SMILES string of the molecule is CCN(C)C1OC(C2CCC(C(C)(C)C)C(C)C2C)NN1C. The van der Waals surface area contributed by atoms with Crippen molar-refractivity contribution in [2.24, 2.45) is 29.1 Å². The van der Waals surface area contributed by atoms with Gasteiger partial charge in [-0.05, 0) is 49.6 Å². The van der Waals surface area contributed by atoms with Gasteiger partial charge in [-0.1, -0.05) is 41.5 Å². The van der Waals surface area contributed by atoms with E-state index in [1.165, 1.54) is 12.8 Å². The Labute approximate surface area is 137 Å². The lowest BCUT2D eigenvalue weighted by molar-refractivity contribution is -0.116. The fourth-order valence-corrected chi connectivity index (χ4v) is 4.57. The summed E-state index contributed by atoms with van der Waals surface area (Å²) < 4.78 is 6.35. The third kappa shape index (κ3) is 3.50. The van der Waals surface area contributed by atoms with Crippen LogP contribution in [0, 0.1) is 29.1 Å². The number of nitrogens with one attached hydrogen (secondary N) is 1.